The monoisotopic (exact) mass is 533 g/mol. The van der Waals surface area contributed by atoms with Gasteiger partial charge in [0.25, 0.3) is 0 Å². The Balaban J connectivity index is 1.48. The first-order chi connectivity index (χ1) is 19.5. The third-order valence-corrected chi connectivity index (χ3v) is 7.37. The Kier molecular flexibility index (Phi) is 6.78. The number of rotatable bonds is 5. The third kappa shape index (κ3) is 4.82. The molecule has 3 bridgehead atoms. The average Bonchev–Trinajstić information content (AvgIpc) is 3.38. The molecule has 4 aromatic carbocycles. The van der Waals surface area contributed by atoms with Crippen molar-refractivity contribution in [2.75, 3.05) is 13.2 Å². The summed E-state index contributed by atoms with van der Waals surface area (Å²) in [6.45, 7) is -0.173. The fourth-order valence-corrected chi connectivity index (χ4v) is 5.54. The lowest BCUT2D eigenvalue weighted by molar-refractivity contribution is -0.152. The zero-order valence-electron chi connectivity index (χ0n) is 21.7. The second-order valence-electron chi connectivity index (χ2n) is 9.93. The third-order valence-electron chi connectivity index (χ3n) is 7.37. The standard InChI is InChI=1S/C33H27NO6/c35-30-26-18-25(23-12-6-2-7-13-23)27-19-33(31(36)39-17-16-38-30,20-28(27)29(26)24-14-8-3-9-15-24)34-32(37)40-21-22-10-4-1-5-11-22/h1-15,18H,16-17,19-21H2,(H,34,37). The number of carbonyl (C=O) groups excluding carboxylic acids is 3. The summed E-state index contributed by atoms with van der Waals surface area (Å²) in [4.78, 5) is 40.2. The number of alkyl carbamates (subject to hydrolysis) is 1. The predicted octanol–water partition coefficient (Wildman–Crippen LogP) is 5.50. The maximum atomic E-state index is 13.7. The van der Waals surface area contributed by atoms with Gasteiger partial charge in [-0.15, -0.1) is 0 Å². The number of hydrogen-bond acceptors (Lipinski definition) is 6. The van der Waals surface area contributed by atoms with E-state index in [0.717, 1.165) is 33.4 Å². The molecule has 1 amide bonds. The summed E-state index contributed by atoms with van der Waals surface area (Å²) in [6, 6.07) is 30.4. The summed E-state index contributed by atoms with van der Waals surface area (Å²) in [5, 5.41) is 2.87. The minimum Gasteiger partial charge on any atom is -0.460 e. The number of benzene rings is 4. The van der Waals surface area contributed by atoms with Gasteiger partial charge in [-0.2, -0.15) is 0 Å². The molecule has 1 heterocycles. The van der Waals surface area contributed by atoms with Crippen LogP contribution >= 0.6 is 0 Å². The Morgan fingerprint density at radius 1 is 0.750 bits per heavy atom. The first-order valence-corrected chi connectivity index (χ1v) is 13.2. The van der Waals surface area contributed by atoms with Gasteiger partial charge in [0, 0.05) is 12.8 Å². The van der Waals surface area contributed by atoms with E-state index in [1.807, 2.05) is 97.1 Å². The van der Waals surface area contributed by atoms with Gasteiger partial charge in [-0.05, 0) is 45.0 Å². The largest absolute Gasteiger partial charge is 0.460 e. The van der Waals surface area contributed by atoms with Crippen LogP contribution in [0.1, 0.15) is 27.0 Å². The molecule has 0 aromatic heterocycles. The molecule has 0 radical (unpaired) electrons. The molecule has 0 saturated heterocycles. The van der Waals surface area contributed by atoms with Crippen molar-refractivity contribution < 1.29 is 28.6 Å². The molecule has 0 saturated carbocycles. The lowest BCUT2D eigenvalue weighted by atomic mass is 9.86. The second-order valence-corrected chi connectivity index (χ2v) is 9.93. The highest BCUT2D eigenvalue weighted by molar-refractivity contribution is 6.02. The molecule has 7 nitrogen and oxygen atoms in total. The van der Waals surface area contributed by atoms with Crippen LogP contribution in [-0.2, 0) is 38.5 Å². The number of carbonyl (C=O) groups is 3. The summed E-state index contributed by atoms with van der Waals surface area (Å²) in [5.41, 5.74) is 4.67. The molecule has 1 aliphatic carbocycles. The first-order valence-electron chi connectivity index (χ1n) is 13.2. The van der Waals surface area contributed by atoms with E-state index in [1.165, 1.54) is 0 Å². The van der Waals surface area contributed by atoms with E-state index in [0.29, 0.717) is 11.1 Å². The molecular weight excluding hydrogens is 506 g/mol. The second kappa shape index (κ2) is 10.7. The van der Waals surface area contributed by atoms with Crippen LogP contribution in [0.2, 0.25) is 0 Å². The minimum atomic E-state index is -1.42. The molecule has 2 aliphatic rings. The maximum Gasteiger partial charge on any atom is 0.408 e. The number of ether oxygens (including phenoxy) is 3. The first kappa shape index (κ1) is 25.4. The molecule has 0 spiro atoms. The molecule has 200 valence electrons. The van der Waals surface area contributed by atoms with Crippen molar-refractivity contribution >= 4 is 18.0 Å². The van der Waals surface area contributed by atoms with E-state index >= 15 is 0 Å². The molecule has 4 aromatic rings. The van der Waals surface area contributed by atoms with Crippen LogP contribution in [0.4, 0.5) is 4.79 Å². The lowest BCUT2D eigenvalue weighted by Gasteiger charge is -2.27. The molecule has 1 aliphatic heterocycles. The average molecular weight is 534 g/mol. The zero-order valence-corrected chi connectivity index (χ0v) is 21.7. The fourth-order valence-electron chi connectivity index (χ4n) is 5.54. The van der Waals surface area contributed by atoms with E-state index in [4.69, 9.17) is 14.2 Å². The molecule has 6 rings (SSSR count). The van der Waals surface area contributed by atoms with Gasteiger partial charge in [0.1, 0.15) is 25.4 Å². The topological polar surface area (TPSA) is 90.9 Å². The Hall–Kier alpha value is -4.91. The van der Waals surface area contributed by atoms with Crippen LogP contribution in [0.25, 0.3) is 22.3 Å². The van der Waals surface area contributed by atoms with Crippen molar-refractivity contribution in [3.05, 3.63) is 119 Å². The van der Waals surface area contributed by atoms with Crippen LogP contribution in [0, 0.1) is 0 Å². The molecular formula is C33H27NO6. The van der Waals surface area contributed by atoms with E-state index in [2.05, 4.69) is 5.32 Å². The molecule has 1 atom stereocenters. The summed E-state index contributed by atoms with van der Waals surface area (Å²) >= 11 is 0. The van der Waals surface area contributed by atoms with E-state index in [-0.39, 0.29) is 32.7 Å². The molecule has 1 unspecified atom stereocenters. The predicted molar refractivity (Wildman–Crippen MR) is 148 cm³/mol. The smallest absolute Gasteiger partial charge is 0.408 e. The van der Waals surface area contributed by atoms with Crippen LogP contribution in [0.5, 0.6) is 0 Å². The number of hydrogen-bond donors (Lipinski definition) is 1. The van der Waals surface area contributed by atoms with Crippen LogP contribution in [0.3, 0.4) is 0 Å². The summed E-state index contributed by atoms with van der Waals surface area (Å²) in [7, 11) is 0. The van der Waals surface area contributed by atoms with Crippen LogP contribution < -0.4 is 5.32 Å². The SMILES string of the molecule is O=C(NC12Cc3c(-c4ccccc4)cc(c(-c4ccccc4)c3C1)C(=O)OCCOC2=O)OCc1ccccc1. The number of amides is 1. The normalized spacial score (nSPS) is 17.9. The lowest BCUT2D eigenvalue weighted by Crippen LogP contribution is -2.56. The number of fused-ring (bicyclic) bond motifs is 2. The summed E-state index contributed by atoms with van der Waals surface area (Å²) < 4.78 is 16.6. The van der Waals surface area contributed by atoms with Crippen molar-refractivity contribution in [2.45, 2.75) is 25.0 Å². The van der Waals surface area contributed by atoms with E-state index in [9.17, 15) is 14.4 Å². The van der Waals surface area contributed by atoms with Gasteiger partial charge >= 0.3 is 18.0 Å². The Bertz CT molecular complexity index is 1570. The van der Waals surface area contributed by atoms with Crippen LogP contribution in [-0.4, -0.2) is 36.8 Å². The van der Waals surface area contributed by atoms with Crippen molar-refractivity contribution in [3.8, 4) is 22.3 Å². The molecule has 40 heavy (non-hydrogen) atoms. The highest BCUT2D eigenvalue weighted by Gasteiger charge is 2.49. The summed E-state index contributed by atoms with van der Waals surface area (Å²) in [5.74, 6) is -1.10. The zero-order chi connectivity index (χ0) is 27.5. The van der Waals surface area contributed by atoms with E-state index < -0.39 is 23.6 Å². The highest BCUT2D eigenvalue weighted by Crippen LogP contribution is 2.45. The van der Waals surface area contributed by atoms with Gasteiger partial charge in [-0.25, -0.2) is 14.4 Å². The van der Waals surface area contributed by atoms with Gasteiger partial charge in [0.2, 0.25) is 0 Å². The van der Waals surface area contributed by atoms with Gasteiger partial charge in [-0.1, -0.05) is 91.0 Å². The van der Waals surface area contributed by atoms with E-state index in [1.54, 1.807) is 0 Å². The fraction of sp³-hybridized carbons (Fsp3) is 0.182. The molecule has 1 N–H and O–H groups in total. The van der Waals surface area contributed by atoms with Gasteiger partial charge in [0.05, 0.1) is 5.56 Å². The molecule has 7 heteroatoms. The van der Waals surface area contributed by atoms with Gasteiger partial charge in [0.15, 0.2) is 0 Å². The van der Waals surface area contributed by atoms with Crippen LogP contribution in [0.15, 0.2) is 97.1 Å². The quantitative estimate of drug-likeness (QED) is 0.269. The highest BCUT2D eigenvalue weighted by atomic mass is 16.6. The van der Waals surface area contributed by atoms with Crippen molar-refractivity contribution in [1.82, 2.24) is 5.32 Å². The summed E-state index contributed by atoms with van der Waals surface area (Å²) in [6.07, 6.45) is -0.410. The Labute approximate surface area is 231 Å². The maximum absolute atomic E-state index is 13.7. The van der Waals surface area contributed by atoms with Crippen molar-refractivity contribution in [1.29, 1.82) is 0 Å². The van der Waals surface area contributed by atoms with Gasteiger partial charge < -0.3 is 19.5 Å². The number of esters is 2. The van der Waals surface area contributed by atoms with Crippen molar-refractivity contribution in [3.63, 3.8) is 0 Å². The Morgan fingerprint density at radius 2 is 1.35 bits per heavy atom. The van der Waals surface area contributed by atoms with Gasteiger partial charge in [-0.3, -0.25) is 0 Å². The number of nitrogens with one attached hydrogen (secondary N) is 1. The minimum absolute atomic E-state index is 0.0573. The molecule has 0 fully saturated rings. The van der Waals surface area contributed by atoms with Crippen molar-refractivity contribution in [2.24, 2.45) is 0 Å². The Morgan fingerprint density at radius 3 is 2.05 bits per heavy atom. The number of cyclic esters (lactones) is 2.